The number of carbonyl (C=O) groups excluding carboxylic acids is 1. The van der Waals surface area contributed by atoms with Crippen molar-refractivity contribution in [2.75, 3.05) is 0 Å². The molecular formula is C18H16ClNO2. The number of carbonyl (C=O) groups is 1. The SMILES string of the molecule is CC1(O)C(C(=O)c2cccc3ccccc23)=CC(Cl)=CC1N. The summed E-state index contributed by atoms with van der Waals surface area (Å²) < 4.78 is 0. The molecule has 3 N–H and O–H groups in total. The van der Waals surface area contributed by atoms with Gasteiger partial charge in [-0.1, -0.05) is 54.1 Å². The van der Waals surface area contributed by atoms with Gasteiger partial charge in [0.15, 0.2) is 5.78 Å². The molecule has 3 rings (SSSR count). The van der Waals surface area contributed by atoms with E-state index >= 15 is 0 Å². The van der Waals surface area contributed by atoms with Gasteiger partial charge in [0.2, 0.25) is 0 Å². The van der Waals surface area contributed by atoms with Gasteiger partial charge in [-0.3, -0.25) is 4.79 Å². The molecular weight excluding hydrogens is 298 g/mol. The lowest BCUT2D eigenvalue weighted by Gasteiger charge is -2.33. The molecule has 112 valence electrons. The first kappa shape index (κ1) is 15.0. The summed E-state index contributed by atoms with van der Waals surface area (Å²) in [6.45, 7) is 1.53. The smallest absolute Gasteiger partial charge is 0.192 e. The third-order valence-corrected chi connectivity index (χ3v) is 4.33. The topological polar surface area (TPSA) is 63.3 Å². The number of benzene rings is 2. The number of allylic oxidation sites excluding steroid dienone is 2. The lowest BCUT2D eigenvalue weighted by atomic mass is 9.80. The average molecular weight is 314 g/mol. The number of fused-ring (bicyclic) bond motifs is 1. The molecule has 0 heterocycles. The Morgan fingerprint density at radius 1 is 1.23 bits per heavy atom. The first-order chi connectivity index (χ1) is 10.4. The van der Waals surface area contributed by atoms with Crippen LogP contribution in [0.15, 0.2) is 65.2 Å². The maximum atomic E-state index is 13.0. The lowest BCUT2D eigenvalue weighted by molar-refractivity contribution is 0.0701. The summed E-state index contributed by atoms with van der Waals surface area (Å²) in [5, 5.41) is 12.8. The highest BCUT2D eigenvalue weighted by Gasteiger charge is 2.39. The summed E-state index contributed by atoms with van der Waals surface area (Å²) in [5.74, 6) is -0.261. The van der Waals surface area contributed by atoms with E-state index in [4.69, 9.17) is 17.3 Å². The van der Waals surface area contributed by atoms with E-state index in [-0.39, 0.29) is 11.4 Å². The van der Waals surface area contributed by atoms with Crippen LogP contribution in [-0.2, 0) is 0 Å². The van der Waals surface area contributed by atoms with E-state index in [1.165, 1.54) is 13.0 Å². The molecule has 0 saturated carbocycles. The van der Waals surface area contributed by atoms with Gasteiger partial charge < -0.3 is 10.8 Å². The minimum Gasteiger partial charge on any atom is -0.383 e. The van der Waals surface area contributed by atoms with Crippen molar-refractivity contribution in [2.45, 2.75) is 18.6 Å². The van der Waals surface area contributed by atoms with Gasteiger partial charge in [-0.05, 0) is 29.8 Å². The second kappa shape index (κ2) is 5.36. The zero-order chi connectivity index (χ0) is 15.9. The van der Waals surface area contributed by atoms with Gasteiger partial charge in [0.05, 0.1) is 6.04 Å². The molecule has 0 bridgehead atoms. The Labute approximate surface area is 133 Å². The van der Waals surface area contributed by atoms with Crippen LogP contribution in [0.3, 0.4) is 0 Å². The van der Waals surface area contributed by atoms with Crippen LogP contribution in [0.2, 0.25) is 0 Å². The number of nitrogens with two attached hydrogens (primary N) is 1. The van der Waals surface area contributed by atoms with Crippen molar-refractivity contribution in [3.05, 3.63) is 70.8 Å². The van der Waals surface area contributed by atoms with Crippen molar-refractivity contribution in [1.82, 2.24) is 0 Å². The fourth-order valence-electron chi connectivity index (χ4n) is 2.71. The molecule has 0 aliphatic heterocycles. The van der Waals surface area contributed by atoms with E-state index in [0.717, 1.165) is 10.8 Å². The fraction of sp³-hybridized carbons (Fsp3) is 0.167. The van der Waals surface area contributed by atoms with Crippen LogP contribution >= 0.6 is 11.6 Å². The van der Waals surface area contributed by atoms with Crippen molar-refractivity contribution in [1.29, 1.82) is 0 Å². The van der Waals surface area contributed by atoms with E-state index in [1.807, 2.05) is 36.4 Å². The van der Waals surface area contributed by atoms with Gasteiger partial charge in [0, 0.05) is 16.2 Å². The number of hydrogen-bond donors (Lipinski definition) is 2. The zero-order valence-corrected chi connectivity index (χ0v) is 12.8. The molecule has 4 heteroatoms. The van der Waals surface area contributed by atoms with Crippen LogP contribution < -0.4 is 5.73 Å². The first-order valence-corrected chi connectivity index (χ1v) is 7.39. The third kappa shape index (κ3) is 2.37. The largest absolute Gasteiger partial charge is 0.383 e. The van der Waals surface area contributed by atoms with E-state index in [0.29, 0.717) is 10.6 Å². The highest BCUT2D eigenvalue weighted by Crippen LogP contribution is 2.32. The molecule has 0 saturated heterocycles. The van der Waals surface area contributed by atoms with Crippen LogP contribution in [0.5, 0.6) is 0 Å². The summed E-state index contributed by atoms with van der Waals surface area (Å²) in [4.78, 5) is 13.0. The number of rotatable bonds is 2. The molecule has 0 radical (unpaired) electrons. The summed E-state index contributed by atoms with van der Waals surface area (Å²) in [6.07, 6.45) is 3.04. The van der Waals surface area contributed by atoms with E-state index in [2.05, 4.69) is 0 Å². The number of aliphatic hydroxyl groups is 1. The highest BCUT2D eigenvalue weighted by atomic mass is 35.5. The van der Waals surface area contributed by atoms with Crippen molar-refractivity contribution < 1.29 is 9.90 Å². The number of Topliss-reactive ketones (excluding diaryl/α,β-unsaturated/α-hetero) is 1. The van der Waals surface area contributed by atoms with Crippen molar-refractivity contribution >= 4 is 28.2 Å². The van der Waals surface area contributed by atoms with Gasteiger partial charge >= 0.3 is 0 Å². The minimum absolute atomic E-state index is 0.212. The maximum absolute atomic E-state index is 13.0. The van der Waals surface area contributed by atoms with E-state index in [9.17, 15) is 9.90 Å². The summed E-state index contributed by atoms with van der Waals surface area (Å²) >= 11 is 6.02. The summed E-state index contributed by atoms with van der Waals surface area (Å²) in [5.41, 5.74) is 5.21. The molecule has 2 atom stereocenters. The Morgan fingerprint density at radius 3 is 2.68 bits per heavy atom. The fourth-order valence-corrected chi connectivity index (χ4v) is 2.95. The Bertz CT molecular complexity index is 815. The Kier molecular flexibility index (Phi) is 3.65. The summed E-state index contributed by atoms with van der Waals surface area (Å²) in [6, 6.07) is 12.4. The van der Waals surface area contributed by atoms with Crippen molar-refractivity contribution in [2.24, 2.45) is 5.73 Å². The normalized spacial score (nSPS) is 24.8. The highest BCUT2D eigenvalue weighted by molar-refractivity contribution is 6.32. The molecule has 3 nitrogen and oxygen atoms in total. The Balaban J connectivity index is 2.16. The maximum Gasteiger partial charge on any atom is 0.192 e. The van der Waals surface area contributed by atoms with E-state index < -0.39 is 11.6 Å². The molecule has 0 spiro atoms. The number of hydrogen-bond acceptors (Lipinski definition) is 3. The van der Waals surface area contributed by atoms with E-state index in [1.54, 1.807) is 12.1 Å². The second-order valence-electron chi connectivity index (χ2n) is 5.64. The number of ketones is 1. The molecule has 1 aliphatic carbocycles. The standard InChI is InChI=1S/C18H16ClNO2/c1-18(22)15(9-12(19)10-16(18)20)17(21)14-8-4-6-11-5-2-3-7-13(11)14/h2-10,16,22H,20H2,1H3. The molecule has 0 aromatic heterocycles. The molecule has 2 aromatic rings. The predicted molar refractivity (Wildman–Crippen MR) is 88.9 cm³/mol. The molecule has 0 fully saturated rings. The van der Waals surface area contributed by atoms with Gasteiger partial charge in [-0.25, -0.2) is 0 Å². The molecule has 1 aliphatic rings. The lowest BCUT2D eigenvalue weighted by Crippen LogP contribution is -2.49. The summed E-state index contributed by atoms with van der Waals surface area (Å²) in [7, 11) is 0. The van der Waals surface area contributed by atoms with Crippen LogP contribution in [0, 0.1) is 0 Å². The molecule has 0 amide bonds. The van der Waals surface area contributed by atoms with Gasteiger partial charge in [-0.2, -0.15) is 0 Å². The number of halogens is 1. The average Bonchev–Trinajstić information content (AvgIpc) is 2.50. The Morgan fingerprint density at radius 2 is 1.91 bits per heavy atom. The Hall–Kier alpha value is -1.94. The van der Waals surface area contributed by atoms with Gasteiger partial charge in [-0.15, -0.1) is 0 Å². The first-order valence-electron chi connectivity index (χ1n) is 7.01. The third-order valence-electron chi connectivity index (χ3n) is 4.09. The molecule has 22 heavy (non-hydrogen) atoms. The van der Waals surface area contributed by atoms with Crippen molar-refractivity contribution in [3.8, 4) is 0 Å². The van der Waals surface area contributed by atoms with Gasteiger partial charge in [0.25, 0.3) is 0 Å². The minimum atomic E-state index is -1.45. The van der Waals surface area contributed by atoms with Gasteiger partial charge in [0.1, 0.15) is 5.60 Å². The second-order valence-corrected chi connectivity index (χ2v) is 6.08. The zero-order valence-electron chi connectivity index (χ0n) is 12.1. The van der Waals surface area contributed by atoms with Crippen molar-refractivity contribution in [3.63, 3.8) is 0 Å². The van der Waals surface area contributed by atoms with Crippen LogP contribution in [0.4, 0.5) is 0 Å². The van der Waals surface area contributed by atoms with Crippen LogP contribution in [0.25, 0.3) is 10.8 Å². The quantitative estimate of drug-likeness (QED) is 0.837. The van der Waals surface area contributed by atoms with Crippen LogP contribution in [-0.4, -0.2) is 22.5 Å². The monoisotopic (exact) mass is 313 g/mol. The molecule has 2 unspecified atom stereocenters. The van der Waals surface area contributed by atoms with Crippen LogP contribution in [0.1, 0.15) is 17.3 Å². The predicted octanol–water partition coefficient (Wildman–Crippen LogP) is 3.16. The molecule has 2 aromatic carbocycles.